The molecule has 0 heteroatoms. The Bertz CT molecular complexity index is 248. The first-order valence-electron chi connectivity index (χ1n) is 9.84. The second-order valence-corrected chi connectivity index (χ2v) is 7.62. The van der Waals surface area contributed by atoms with Gasteiger partial charge in [-0.05, 0) is 42.9 Å². The molecule has 21 heavy (non-hydrogen) atoms. The van der Waals surface area contributed by atoms with Crippen LogP contribution in [0.1, 0.15) is 105 Å². The Balaban J connectivity index is 2.59. The zero-order valence-corrected chi connectivity index (χ0v) is 15.3. The van der Waals surface area contributed by atoms with Gasteiger partial charge in [-0.1, -0.05) is 91.2 Å². The van der Waals surface area contributed by atoms with E-state index in [9.17, 15) is 0 Å². The smallest absolute Gasteiger partial charge is 0.0223 e. The molecule has 0 saturated heterocycles. The molecule has 0 aromatic carbocycles. The minimum Gasteiger partial charge on any atom is -0.0880 e. The van der Waals surface area contributed by atoms with Crippen LogP contribution >= 0.6 is 0 Å². The van der Waals surface area contributed by atoms with Crippen LogP contribution in [0.2, 0.25) is 0 Å². The normalized spacial score (nSPS) is 19.8. The van der Waals surface area contributed by atoms with Crippen molar-refractivity contribution in [3.63, 3.8) is 0 Å². The van der Waals surface area contributed by atoms with Crippen molar-refractivity contribution in [2.24, 2.45) is 17.3 Å². The van der Waals surface area contributed by atoms with E-state index in [-0.39, 0.29) is 0 Å². The fourth-order valence-electron chi connectivity index (χ4n) is 4.28. The van der Waals surface area contributed by atoms with Crippen molar-refractivity contribution in [3.8, 4) is 0 Å². The van der Waals surface area contributed by atoms with E-state index in [2.05, 4.69) is 39.8 Å². The van der Waals surface area contributed by atoms with Crippen molar-refractivity contribution in [1.82, 2.24) is 0 Å². The topological polar surface area (TPSA) is 0 Å². The molecule has 124 valence electrons. The number of hydrogen-bond acceptors (Lipinski definition) is 0. The number of unbranched alkanes of at least 4 members (excludes halogenated alkanes) is 2. The third-order valence-electron chi connectivity index (χ3n) is 5.80. The van der Waals surface area contributed by atoms with Crippen molar-refractivity contribution in [2.45, 2.75) is 105 Å². The summed E-state index contributed by atoms with van der Waals surface area (Å²) in [4.78, 5) is 0. The Kier molecular flexibility index (Phi) is 9.36. The van der Waals surface area contributed by atoms with Gasteiger partial charge in [0.1, 0.15) is 0 Å². The lowest BCUT2D eigenvalue weighted by Crippen LogP contribution is -2.25. The van der Waals surface area contributed by atoms with Gasteiger partial charge >= 0.3 is 0 Å². The Morgan fingerprint density at radius 3 is 1.52 bits per heavy atom. The highest BCUT2D eigenvalue weighted by Crippen LogP contribution is 2.47. The third kappa shape index (κ3) is 6.57. The van der Waals surface area contributed by atoms with E-state index in [4.69, 9.17) is 0 Å². The predicted octanol–water partition coefficient (Wildman–Crippen LogP) is 7.54. The summed E-state index contributed by atoms with van der Waals surface area (Å²) in [6, 6.07) is 0. The Morgan fingerprint density at radius 1 is 0.762 bits per heavy atom. The van der Waals surface area contributed by atoms with Gasteiger partial charge in [0.25, 0.3) is 0 Å². The molecule has 1 rings (SSSR count). The first kappa shape index (κ1) is 18.8. The molecular formula is C21H40. The fraction of sp³-hybridized carbons (Fsp3) is 0.905. The summed E-state index contributed by atoms with van der Waals surface area (Å²) in [5.74, 6) is 1.93. The van der Waals surface area contributed by atoms with E-state index in [1.54, 1.807) is 0 Å². The molecule has 0 nitrogen and oxygen atoms in total. The second kappa shape index (κ2) is 10.5. The second-order valence-electron chi connectivity index (χ2n) is 7.62. The molecule has 0 aliphatic heterocycles. The van der Waals surface area contributed by atoms with Gasteiger partial charge in [-0.2, -0.15) is 0 Å². The fourth-order valence-corrected chi connectivity index (χ4v) is 4.28. The average Bonchev–Trinajstić information content (AvgIpc) is 2.96. The lowest BCUT2D eigenvalue weighted by molar-refractivity contribution is 0.159. The lowest BCUT2D eigenvalue weighted by Gasteiger charge is -2.36. The van der Waals surface area contributed by atoms with Crippen molar-refractivity contribution in [1.29, 1.82) is 0 Å². The molecule has 2 unspecified atom stereocenters. The van der Waals surface area contributed by atoms with Crippen LogP contribution in [0.15, 0.2) is 12.2 Å². The van der Waals surface area contributed by atoms with Crippen LogP contribution in [-0.2, 0) is 0 Å². The van der Waals surface area contributed by atoms with Crippen molar-refractivity contribution in [3.05, 3.63) is 12.2 Å². The third-order valence-corrected chi connectivity index (χ3v) is 5.80. The molecule has 1 aliphatic carbocycles. The van der Waals surface area contributed by atoms with Crippen molar-refractivity contribution >= 4 is 0 Å². The highest BCUT2D eigenvalue weighted by molar-refractivity contribution is 5.04. The first-order chi connectivity index (χ1) is 10.2. The van der Waals surface area contributed by atoms with Gasteiger partial charge in [0.2, 0.25) is 0 Å². The number of rotatable bonds is 12. The molecule has 0 N–H and O–H groups in total. The van der Waals surface area contributed by atoms with E-state index in [0.717, 1.165) is 11.8 Å². The summed E-state index contributed by atoms with van der Waals surface area (Å²) in [6.45, 7) is 9.48. The molecule has 0 bridgehead atoms. The van der Waals surface area contributed by atoms with Crippen LogP contribution in [0.25, 0.3) is 0 Å². The van der Waals surface area contributed by atoms with E-state index in [0.29, 0.717) is 5.41 Å². The Hall–Kier alpha value is -0.260. The van der Waals surface area contributed by atoms with Gasteiger partial charge in [-0.3, -0.25) is 0 Å². The maximum Gasteiger partial charge on any atom is -0.0223 e. The van der Waals surface area contributed by atoms with Crippen LogP contribution in [-0.4, -0.2) is 0 Å². The predicted molar refractivity (Wildman–Crippen MR) is 96.7 cm³/mol. The molecule has 1 aliphatic rings. The van der Waals surface area contributed by atoms with E-state index in [1.807, 2.05) is 0 Å². The molecule has 0 amide bonds. The maximum atomic E-state index is 2.47. The standard InChI is InChI=1S/C21H40/c1-5-9-13-19(7-3)17-21(15-11-12-16-21)18-20(8-4)14-10-6-2/h11-12,19-20H,5-10,13-18H2,1-4H3. The highest BCUT2D eigenvalue weighted by atomic mass is 14.4. The highest BCUT2D eigenvalue weighted by Gasteiger charge is 2.34. The minimum absolute atomic E-state index is 0.628. The van der Waals surface area contributed by atoms with Gasteiger partial charge in [0.15, 0.2) is 0 Å². The van der Waals surface area contributed by atoms with Crippen LogP contribution in [0.5, 0.6) is 0 Å². The summed E-state index contributed by atoms with van der Waals surface area (Å²) >= 11 is 0. The molecule has 2 atom stereocenters. The van der Waals surface area contributed by atoms with Gasteiger partial charge < -0.3 is 0 Å². The summed E-state index contributed by atoms with van der Waals surface area (Å²) in [6.07, 6.45) is 21.9. The maximum absolute atomic E-state index is 2.47. The van der Waals surface area contributed by atoms with Crippen molar-refractivity contribution in [2.75, 3.05) is 0 Å². The molecule has 0 spiro atoms. The first-order valence-corrected chi connectivity index (χ1v) is 9.84. The zero-order valence-electron chi connectivity index (χ0n) is 15.3. The van der Waals surface area contributed by atoms with Gasteiger partial charge in [0, 0.05) is 0 Å². The van der Waals surface area contributed by atoms with Crippen molar-refractivity contribution < 1.29 is 0 Å². The summed E-state index contributed by atoms with van der Waals surface area (Å²) in [7, 11) is 0. The molecule has 0 aromatic rings. The Labute approximate surface area is 134 Å². The molecule has 0 heterocycles. The minimum atomic E-state index is 0.628. The van der Waals surface area contributed by atoms with Gasteiger partial charge in [-0.15, -0.1) is 0 Å². The van der Waals surface area contributed by atoms with Gasteiger partial charge in [-0.25, -0.2) is 0 Å². The Morgan fingerprint density at radius 2 is 1.19 bits per heavy atom. The SMILES string of the molecule is CCCCC(CC)CC1(CC(CC)CCCC)CC=CC1. The van der Waals surface area contributed by atoms with Crippen LogP contribution in [0.4, 0.5) is 0 Å². The largest absolute Gasteiger partial charge is 0.0880 e. The van der Waals surface area contributed by atoms with Gasteiger partial charge in [0.05, 0.1) is 0 Å². The summed E-state index contributed by atoms with van der Waals surface area (Å²) in [5, 5.41) is 0. The number of allylic oxidation sites excluding steroid dienone is 2. The summed E-state index contributed by atoms with van der Waals surface area (Å²) in [5.41, 5.74) is 0.628. The van der Waals surface area contributed by atoms with E-state index in [1.165, 1.54) is 77.0 Å². The van der Waals surface area contributed by atoms with Crippen LogP contribution in [0.3, 0.4) is 0 Å². The molecular weight excluding hydrogens is 252 g/mol. The zero-order chi connectivity index (χ0) is 15.6. The van der Waals surface area contributed by atoms with Crippen LogP contribution in [0, 0.1) is 17.3 Å². The molecule has 0 fully saturated rings. The molecule has 0 radical (unpaired) electrons. The van der Waals surface area contributed by atoms with Crippen LogP contribution < -0.4 is 0 Å². The van der Waals surface area contributed by atoms with E-state index >= 15 is 0 Å². The number of hydrogen-bond donors (Lipinski definition) is 0. The lowest BCUT2D eigenvalue weighted by atomic mass is 9.69. The quantitative estimate of drug-likeness (QED) is 0.326. The molecule has 0 saturated carbocycles. The average molecular weight is 293 g/mol. The molecule has 0 aromatic heterocycles. The van der Waals surface area contributed by atoms with E-state index < -0.39 is 0 Å². The monoisotopic (exact) mass is 292 g/mol. The summed E-state index contributed by atoms with van der Waals surface area (Å²) < 4.78 is 0.